The Morgan fingerprint density at radius 2 is 2.42 bits per heavy atom. The highest BCUT2D eigenvalue weighted by Crippen LogP contribution is 2.20. The second-order valence-corrected chi connectivity index (χ2v) is 2.79. The second kappa shape index (κ2) is 3.73. The third-order valence-electron chi connectivity index (χ3n) is 1.19. The van der Waals surface area contributed by atoms with Crippen LogP contribution in [0, 0.1) is 10.1 Å². The number of nitrogens with zero attached hydrogens (tertiary/aromatic N) is 3. The van der Waals surface area contributed by atoms with Crippen LogP contribution in [0.3, 0.4) is 0 Å². The normalized spacial score (nSPS) is 10.2. The van der Waals surface area contributed by atoms with Gasteiger partial charge >= 0.3 is 5.82 Å². The number of halogens is 2. The summed E-state index contributed by atoms with van der Waals surface area (Å²) in [7, 11) is 0. The summed E-state index contributed by atoms with van der Waals surface area (Å²) in [6.45, 7) is 0.412. The molecule has 1 heterocycles. The SMILES string of the molecule is O=[N+]([O-])c1nn(CCCl)cc1Cl. The number of nitro groups is 1. The monoisotopic (exact) mass is 209 g/mol. The summed E-state index contributed by atoms with van der Waals surface area (Å²) in [5.74, 6) is 0.0107. The number of alkyl halides is 1. The van der Waals surface area contributed by atoms with Crippen LogP contribution in [0.25, 0.3) is 0 Å². The molecule has 5 nitrogen and oxygen atoms in total. The lowest BCUT2D eigenvalue weighted by atomic mass is 10.6. The average molecular weight is 210 g/mol. The molecule has 0 aromatic carbocycles. The highest BCUT2D eigenvalue weighted by Gasteiger charge is 2.18. The molecular weight excluding hydrogens is 205 g/mol. The fraction of sp³-hybridized carbons (Fsp3) is 0.400. The minimum Gasteiger partial charge on any atom is -0.358 e. The van der Waals surface area contributed by atoms with E-state index in [0.29, 0.717) is 12.4 Å². The van der Waals surface area contributed by atoms with Crippen LogP contribution in [0.4, 0.5) is 5.82 Å². The molecule has 0 saturated heterocycles. The van der Waals surface area contributed by atoms with Crippen molar-refractivity contribution in [1.29, 1.82) is 0 Å². The number of aromatic nitrogens is 2. The lowest BCUT2D eigenvalue weighted by Crippen LogP contribution is -2.00. The van der Waals surface area contributed by atoms with E-state index in [0.717, 1.165) is 0 Å². The molecule has 0 N–H and O–H groups in total. The zero-order valence-electron chi connectivity index (χ0n) is 5.91. The van der Waals surface area contributed by atoms with E-state index in [1.807, 2.05) is 0 Å². The van der Waals surface area contributed by atoms with Gasteiger partial charge in [-0.05, 0) is 4.92 Å². The van der Waals surface area contributed by atoms with E-state index in [1.54, 1.807) is 0 Å². The largest absolute Gasteiger partial charge is 0.408 e. The molecule has 0 aliphatic heterocycles. The van der Waals surface area contributed by atoms with Gasteiger partial charge in [0.1, 0.15) is 0 Å². The van der Waals surface area contributed by atoms with Gasteiger partial charge in [-0.3, -0.25) is 0 Å². The van der Waals surface area contributed by atoms with E-state index in [9.17, 15) is 10.1 Å². The van der Waals surface area contributed by atoms with Crippen molar-refractivity contribution in [3.05, 3.63) is 21.3 Å². The zero-order chi connectivity index (χ0) is 9.14. The molecule has 12 heavy (non-hydrogen) atoms. The highest BCUT2D eigenvalue weighted by atomic mass is 35.5. The highest BCUT2D eigenvalue weighted by molar-refractivity contribution is 6.32. The van der Waals surface area contributed by atoms with Crippen LogP contribution in [-0.4, -0.2) is 20.6 Å². The summed E-state index contributed by atoms with van der Waals surface area (Å²) in [6, 6.07) is 0. The van der Waals surface area contributed by atoms with Crippen molar-refractivity contribution in [2.45, 2.75) is 6.54 Å². The van der Waals surface area contributed by atoms with Crippen LogP contribution < -0.4 is 0 Å². The summed E-state index contributed by atoms with van der Waals surface area (Å²) in [5, 5.41) is 13.9. The second-order valence-electron chi connectivity index (χ2n) is 2.01. The van der Waals surface area contributed by atoms with Gasteiger partial charge in [0.2, 0.25) is 0 Å². The topological polar surface area (TPSA) is 61.0 Å². The van der Waals surface area contributed by atoms with Gasteiger partial charge in [0.25, 0.3) is 0 Å². The third-order valence-corrected chi connectivity index (χ3v) is 1.62. The van der Waals surface area contributed by atoms with Gasteiger partial charge in [-0.1, -0.05) is 11.6 Å². The summed E-state index contributed by atoms with van der Waals surface area (Å²) < 4.78 is 1.34. The molecule has 0 unspecified atom stereocenters. The predicted molar refractivity (Wildman–Crippen MR) is 44.6 cm³/mol. The molecule has 0 aliphatic carbocycles. The van der Waals surface area contributed by atoms with E-state index in [1.165, 1.54) is 10.9 Å². The first kappa shape index (κ1) is 9.28. The minimum absolute atomic E-state index is 0.0325. The van der Waals surface area contributed by atoms with Crippen LogP contribution in [0.5, 0.6) is 0 Å². The minimum atomic E-state index is -0.632. The third kappa shape index (κ3) is 1.86. The molecule has 0 bridgehead atoms. The fourth-order valence-electron chi connectivity index (χ4n) is 0.712. The molecule has 66 valence electrons. The van der Waals surface area contributed by atoms with Crippen molar-refractivity contribution in [1.82, 2.24) is 9.78 Å². The Morgan fingerprint density at radius 3 is 2.83 bits per heavy atom. The quantitative estimate of drug-likeness (QED) is 0.433. The van der Waals surface area contributed by atoms with Gasteiger partial charge in [-0.25, -0.2) is 0 Å². The number of aryl methyl sites for hydroxylation is 1. The first-order valence-corrected chi connectivity index (χ1v) is 3.99. The predicted octanol–water partition coefficient (Wildman–Crippen LogP) is 1.68. The molecule has 0 atom stereocenters. The van der Waals surface area contributed by atoms with Gasteiger partial charge in [0.05, 0.1) is 17.8 Å². The van der Waals surface area contributed by atoms with E-state index in [4.69, 9.17) is 23.2 Å². The Morgan fingerprint density at radius 1 is 1.75 bits per heavy atom. The Balaban J connectivity index is 2.92. The van der Waals surface area contributed by atoms with E-state index in [-0.39, 0.29) is 10.8 Å². The van der Waals surface area contributed by atoms with Crippen molar-refractivity contribution in [2.75, 3.05) is 5.88 Å². The first-order valence-electron chi connectivity index (χ1n) is 3.08. The van der Waals surface area contributed by atoms with E-state index >= 15 is 0 Å². The summed E-state index contributed by atoms with van der Waals surface area (Å²) in [6.07, 6.45) is 1.38. The lowest BCUT2D eigenvalue weighted by molar-refractivity contribution is -0.389. The molecule has 1 aromatic rings. The summed E-state index contributed by atoms with van der Waals surface area (Å²) in [5.41, 5.74) is 0. The first-order chi connectivity index (χ1) is 5.65. The van der Waals surface area contributed by atoms with Crippen molar-refractivity contribution >= 4 is 29.0 Å². The zero-order valence-corrected chi connectivity index (χ0v) is 7.42. The van der Waals surface area contributed by atoms with Gasteiger partial charge in [0.15, 0.2) is 5.02 Å². The summed E-state index contributed by atoms with van der Waals surface area (Å²) in [4.78, 5) is 9.62. The van der Waals surface area contributed by atoms with Crippen molar-refractivity contribution in [3.8, 4) is 0 Å². The smallest absolute Gasteiger partial charge is 0.358 e. The molecule has 0 spiro atoms. The van der Waals surface area contributed by atoms with Crippen LogP contribution in [-0.2, 0) is 6.54 Å². The van der Waals surface area contributed by atoms with E-state index < -0.39 is 4.92 Å². The lowest BCUT2D eigenvalue weighted by Gasteiger charge is -1.87. The van der Waals surface area contributed by atoms with Crippen LogP contribution in [0.15, 0.2) is 6.20 Å². The maximum atomic E-state index is 10.3. The number of hydrogen-bond donors (Lipinski definition) is 0. The molecule has 1 rings (SSSR count). The number of hydrogen-bond acceptors (Lipinski definition) is 3. The summed E-state index contributed by atoms with van der Waals surface area (Å²) >= 11 is 10.9. The Hall–Kier alpha value is -0.810. The van der Waals surface area contributed by atoms with Gasteiger partial charge in [0, 0.05) is 5.88 Å². The number of rotatable bonds is 3. The Labute approximate surface area is 78.0 Å². The van der Waals surface area contributed by atoms with Crippen LogP contribution in [0.1, 0.15) is 0 Å². The van der Waals surface area contributed by atoms with Crippen molar-refractivity contribution in [2.24, 2.45) is 0 Å². The maximum Gasteiger partial charge on any atom is 0.408 e. The fourth-order valence-corrected chi connectivity index (χ4v) is 1.10. The molecule has 0 aliphatic rings. The molecule has 0 radical (unpaired) electrons. The van der Waals surface area contributed by atoms with Gasteiger partial charge < -0.3 is 10.1 Å². The molecule has 1 aromatic heterocycles. The standard InChI is InChI=1S/C5H5Cl2N3O2/c6-1-2-9-3-4(7)5(8-9)10(11)12/h3H,1-2H2. The Bertz CT molecular complexity index is 299. The maximum absolute atomic E-state index is 10.3. The average Bonchev–Trinajstić information content (AvgIpc) is 2.32. The Kier molecular flexibility index (Phi) is 2.88. The van der Waals surface area contributed by atoms with Crippen LogP contribution in [0.2, 0.25) is 5.02 Å². The molecule has 0 fully saturated rings. The van der Waals surface area contributed by atoms with Gasteiger partial charge in [-0.15, -0.1) is 11.6 Å². The van der Waals surface area contributed by atoms with Crippen LogP contribution >= 0.6 is 23.2 Å². The van der Waals surface area contributed by atoms with E-state index in [2.05, 4.69) is 5.10 Å². The molecule has 7 heteroatoms. The van der Waals surface area contributed by atoms with Crippen molar-refractivity contribution < 1.29 is 4.92 Å². The molecular formula is C5H5Cl2N3O2. The van der Waals surface area contributed by atoms with Gasteiger partial charge in [-0.2, -0.15) is 4.68 Å². The molecule has 0 amide bonds. The van der Waals surface area contributed by atoms with Crippen molar-refractivity contribution in [3.63, 3.8) is 0 Å². The molecule has 0 saturated carbocycles.